The highest BCUT2D eigenvalue weighted by Crippen LogP contribution is 2.14. The van der Waals surface area contributed by atoms with Gasteiger partial charge < -0.3 is 5.32 Å². The monoisotopic (exact) mass is 342 g/mol. The normalized spacial score (nSPS) is 15.3. The van der Waals surface area contributed by atoms with Crippen molar-refractivity contribution in [3.8, 4) is 0 Å². The Labute approximate surface area is 148 Å². The minimum absolute atomic E-state index is 0.126. The topological polar surface area (TPSA) is 32.3 Å². The minimum atomic E-state index is 0.126. The Balaban J connectivity index is 1.39. The molecule has 0 saturated carbocycles. The van der Waals surface area contributed by atoms with Crippen molar-refractivity contribution in [2.45, 2.75) is 45.2 Å². The lowest BCUT2D eigenvalue weighted by Gasteiger charge is -2.26. The second-order valence-corrected chi connectivity index (χ2v) is 7.54. The molecule has 1 aromatic heterocycles. The molecule has 0 atom stereocenters. The molecule has 1 N–H and O–H groups in total. The number of carbonyl (C=O) groups is 1. The van der Waals surface area contributed by atoms with E-state index in [-0.39, 0.29) is 5.91 Å². The smallest absolute Gasteiger partial charge is 0.220 e. The molecule has 4 heteroatoms. The van der Waals surface area contributed by atoms with Crippen LogP contribution in [0.3, 0.4) is 0 Å². The fourth-order valence-electron chi connectivity index (χ4n) is 3.12. The van der Waals surface area contributed by atoms with Gasteiger partial charge in [0.2, 0.25) is 5.91 Å². The summed E-state index contributed by atoms with van der Waals surface area (Å²) >= 11 is 1.71. The van der Waals surface area contributed by atoms with E-state index in [1.54, 1.807) is 11.3 Å². The Kier molecular flexibility index (Phi) is 6.44. The van der Waals surface area contributed by atoms with Crippen LogP contribution in [-0.4, -0.2) is 23.9 Å². The summed E-state index contributed by atoms with van der Waals surface area (Å²) in [5.74, 6) is 0.126. The van der Waals surface area contributed by atoms with Gasteiger partial charge in [-0.05, 0) is 54.9 Å². The maximum Gasteiger partial charge on any atom is 0.220 e. The summed E-state index contributed by atoms with van der Waals surface area (Å²) in [4.78, 5) is 15.7. The highest BCUT2D eigenvalue weighted by molar-refractivity contribution is 7.09. The fourth-order valence-corrected chi connectivity index (χ4v) is 3.83. The number of hydrogen-bond acceptors (Lipinski definition) is 3. The predicted octanol–water partition coefficient (Wildman–Crippen LogP) is 3.98. The van der Waals surface area contributed by atoms with Crippen molar-refractivity contribution in [3.63, 3.8) is 0 Å². The van der Waals surface area contributed by atoms with Gasteiger partial charge in [-0.3, -0.25) is 9.69 Å². The Morgan fingerprint density at radius 1 is 1.04 bits per heavy atom. The molecule has 3 nitrogen and oxygen atoms in total. The van der Waals surface area contributed by atoms with Crippen LogP contribution in [0, 0.1) is 0 Å². The van der Waals surface area contributed by atoms with Crippen molar-refractivity contribution in [2.75, 3.05) is 13.1 Å². The lowest BCUT2D eigenvalue weighted by Crippen LogP contribution is -2.29. The van der Waals surface area contributed by atoms with E-state index < -0.39 is 0 Å². The van der Waals surface area contributed by atoms with Crippen molar-refractivity contribution < 1.29 is 4.79 Å². The molecule has 24 heavy (non-hydrogen) atoms. The first-order valence-electron chi connectivity index (χ1n) is 8.89. The van der Waals surface area contributed by atoms with Crippen molar-refractivity contribution in [2.24, 2.45) is 0 Å². The lowest BCUT2D eigenvalue weighted by molar-refractivity contribution is -0.121. The zero-order valence-electron chi connectivity index (χ0n) is 14.2. The molecule has 1 aromatic carbocycles. The average molecular weight is 343 g/mol. The van der Waals surface area contributed by atoms with Gasteiger partial charge in [-0.1, -0.05) is 36.8 Å². The Bertz CT molecular complexity index is 616. The second kappa shape index (κ2) is 9.00. The highest BCUT2D eigenvalue weighted by atomic mass is 32.1. The zero-order valence-corrected chi connectivity index (χ0v) is 15.0. The second-order valence-electron chi connectivity index (χ2n) is 6.51. The third kappa shape index (κ3) is 5.46. The standard InChI is InChI=1S/C20H26N2OS/c23-20(11-10-19-5-4-14-24-19)21-15-17-6-8-18(9-7-17)16-22-12-2-1-3-13-22/h4-9,14H,1-3,10-13,15-16H2,(H,21,23). The molecular formula is C20H26N2OS. The van der Waals surface area contributed by atoms with E-state index in [1.807, 2.05) is 6.07 Å². The summed E-state index contributed by atoms with van der Waals surface area (Å²) in [6.07, 6.45) is 5.43. The number of amides is 1. The lowest BCUT2D eigenvalue weighted by atomic mass is 10.1. The van der Waals surface area contributed by atoms with Gasteiger partial charge in [0.05, 0.1) is 0 Å². The molecule has 128 valence electrons. The van der Waals surface area contributed by atoms with E-state index in [9.17, 15) is 4.79 Å². The van der Waals surface area contributed by atoms with Crippen LogP contribution in [0.25, 0.3) is 0 Å². The van der Waals surface area contributed by atoms with Gasteiger partial charge in [-0.25, -0.2) is 0 Å². The van der Waals surface area contributed by atoms with Gasteiger partial charge >= 0.3 is 0 Å². The van der Waals surface area contributed by atoms with Crippen LogP contribution in [0.2, 0.25) is 0 Å². The first-order valence-corrected chi connectivity index (χ1v) is 9.77. The largest absolute Gasteiger partial charge is 0.352 e. The van der Waals surface area contributed by atoms with Gasteiger partial charge in [-0.2, -0.15) is 0 Å². The number of likely N-dealkylation sites (tertiary alicyclic amines) is 1. The van der Waals surface area contributed by atoms with Gasteiger partial charge in [-0.15, -0.1) is 11.3 Å². The van der Waals surface area contributed by atoms with Crippen LogP contribution < -0.4 is 5.32 Å². The molecule has 2 aromatic rings. The zero-order chi connectivity index (χ0) is 16.6. The molecule has 1 aliphatic rings. The van der Waals surface area contributed by atoms with Crippen LogP contribution in [0.1, 0.15) is 41.7 Å². The van der Waals surface area contributed by atoms with E-state index in [4.69, 9.17) is 0 Å². The summed E-state index contributed by atoms with van der Waals surface area (Å²) in [5, 5.41) is 5.07. The van der Waals surface area contributed by atoms with E-state index in [1.165, 1.54) is 48.4 Å². The van der Waals surface area contributed by atoms with Crippen molar-refractivity contribution in [1.82, 2.24) is 10.2 Å². The number of piperidine rings is 1. The van der Waals surface area contributed by atoms with Crippen LogP contribution in [0.5, 0.6) is 0 Å². The highest BCUT2D eigenvalue weighted by Gasteiger charge is 2.10. The summed E-state index contributed by atoms with van der Waals surface area (Å²) in [6, 6.07) is 12.8. The molecule has 0 unspecified atom stereocenters. The summed E-state index contributed by atoms with van der Waals surface area (Å²) in [5.41, 5.74) is 2.53. The first kappa shape index (κ1) is 17.2. The van der Waals surface area contributed by atoms with Crippen LogP contribution >= 0.6 is 11.3 Å². The summed E-state index contributed by atoms with van der Waals surface area (Å²) in [6.45, 7) is 4.12. The van der Waals surface area contributed by atoms with Gasteiger partial charge in [0.1, 0.15) is 0 Å². The quantitative estimate of drug-likeness (QED) is 0.825. The Morgan fingerprint density at radius 2 is 1.79 bits per heavy atom. The molecule has 3 rings (SSSR count). The van der Waals surface area contributed by atoms with Gasteiger partial charge in [0, 0.05) is 24.4 Å². The maximum absolute atomic E-state index is 11.9. The van der Waals surface area contributed by atoms with Crippen molar-refractivity contribution in [1.29, 1.82) is 0 Å². The molecule has 2 heterocycles. The number of hydrogen-bond donors (Lipinski definition) is 1. The molecular weight excluding hydrogens is 316 g/mol. The molecule has 1 fully saturated rings. The number of aryl methyl sites for hydroxylation is 1. The third-order valence-electron chi connectivity index (χ3n) is 4.55. The number of rotatable bonds is 7. The van der Waals surface area contributed by atoms with Crippen LogP contribution in [0.15, 0.2) is 41.8 Å². The Hall–Kier alpha value is -1.65. The van der Waals surface area contributed by atoms with Gasteiger partial charge in [0.25, 0.3) is 0 Å². The molecule has 0 spiro atoms. The molecule has 0 bridgehead atoms. The molecule has 0 radical (unpaired) electrons. The third-order valence-corrected chi connectivity index (χ3v) is 5.48. The predicted molar refractivity (Wildman–Crippen MR) is 100 cm³/mol. The number of thiophene rings is 1. The summed E-state index contributed by atoms with van der Waals surface area (Å²) < 4.78 is 0. The van der Waals surface area contributed by atoms with Crippen molar-refractivity contribution >= 4 is 17.2 Å². The van der Waals surface area contributed by atoms with E-state index in [2.05, 4.69) is 45.9 Å². The first-order chi connectivity index (χ1) is 11.8. The molecule has 0 aliphatic carbocycles. The van der Waals surface area contributed by atoms with E-state index >= 15 is 0 Å². The number of benzene rings is 1. The van der Waals surface area contributed by atoms with E-state index in [0.29, 0.717) is 13.0 Å². The van der Waals surface area contributed by atoms with Crippen LogP contribution in [-0.2, 0) is 24.3 Å². The minimum Gasteiger partial charge on any atom is -0.352 e. The average Bonchev–Trinajstić information content (AvgIpc) is 3.14. The fraction of sp³-hybridized carbons (Fsp3) is 0.450. The van der Waals surface area contributed by atoms with Gasteiger partial charge in [0.15, 0.2) is 0 Å². The van der Waals surface area contributed by atoms with Crippen molar-refractivity contribution in [3.05, 3.63) is 57.8 Å². The van der Waals surface area contributed by atoms with E-state index in [0.717, 1.165) is 13.0 Å². The maximum atomic E-state index is 11.9. The number of nitrogens with zero attached hydrogens (tertiary/aromatic N) is 1. The summed E-state index contributed by atoms with van der Waals surface area (Å²) in [7, 11) is 0. The SMILES string of the molecule is O=C(CCc1cccs1)NCc1ccc(CN2CCCCC2)cc1. The molecule has 1 saturated heterocycles. The van der Waals surface area contributed by atoms with Crippen LogP contribution in [0.4, 0.5) is 0 Å². The Morgan fingerprint density at radius 3 is 2.50 bits per heavy atom. The number of nitrogens with one attached hydrogen (secondary N) is 1. The number of carbonyl (C=O) groups excluding carboxylic acids is 1. The molecule has 1 amide bonds. The molecule has 1 aliphatic heterocycles.